The van der Waals surface area contributed by atoms with Gasteiger partial charge in [0.15, 0.2) is 6.23 Å². The van der Waals surface area contributed by atoms with Crippen molar-refractivity contribution in [2.45, 2.75) is 123 Å². The van der Waals surface area contributed by atoms with E-state index in [1.807, 2.05) is 0 Å². The number of carbonyl (C=O) groups is 1. The molecule has 1 unspecified atom stereocenters. The summed E-state index contributed by atoms with van der Waals surface area (Å²) in [5.41, 5.74) is 5.69. The Hall–Kier alpha value is 0.0534. The van der Waals surface area contributed by atoms with Gasteiger partial charge >= 0.3 is 5.97 Å². The van der Waals surface area contributed by atoms with Crippen LogP contribution in [0.1, 0.15) is 117 Å². The smallest absolute Gasteiger partial charge is 0.304 e. The van der Waals surface area contributed by atoms with Crippen LogP contribution in [0.2, 0.25) is 0 Å². The molecule has 0 aliphatic carbocycles. The minimum absolute atomic E-state index is 0. The summed E-state index contributed by atoms with van der Waals surface area (Å²) in [5.74, 6) is -0.279. The fraction of sp³-hybridized carbons (Fsp3) is 0.950. The van der Waals surface area contributed by atoms with Crippen LogP contribution in [-0.2, 0) is 29.0 Å². The summed E-state index contributed by atoms with van der Waals surface area (Å²) >= 11 is 0. The van der Waals surface area contributed by atoms with E-state index in [0.717, 1.165) is 12.8 Å². The molecule has 0 aliphatic rings. The van der Waals surface area contributed by atoms with Crippen LogP contribution in [0.15, 0.2) is 0 Å². The van der Waals surface area contributed by atoms with Gasteiger partial charge in [-0.1, -0.05) is 96.8 Å². The average molecular weight is 393 g/mol. The van der Waals surface area contributed by atoms with Crippen molar-refractivity contribution in [3.8, 4) is 0 Å². The maximum atomic E-state index is 10.7. The fourth-order valence-electron chi connectivity index (χ4n) is 2.99. The quantitative estimate of drug-likeness (QED) is 0.141. The van der Waals surface area contributed by atoms with Crippen LogP contribution < -0.4 is 5.73 Å². The van der Waals surface area contributed by atoms with E-state index < -0.39 is 6.23 Å². The third-order valence-corrected chi connectivity index (χ3v) is 4.41. The second kappa shape index (κ2) is 21.1. The second-order valence-electron chi connectivity index (χ2n) is 6.89. The molecule has 24 heavy (non-hydrogen) atoms. The molecule has 0 aromatic heterocycles. The largest absolute Gasteiger partial charge is 0.447 e. The Morgan fingerprint density at radius 1 is 0.750 bits per heavy atom. The topological polar surface area (TPSA) is 52.3 Å². The zero-order valence-electron chi connectivity index (χ0n) is 16.5. The first kappa shape index (κ1) is 26.3. The Bertz CT molecular complexity index is 262. The molecule has 0 spiro atoms. The zero-order valence-corrected chi connectivity index (χ0v) is 19.5. The number of hydrogen-bond acceptors (Lipinski definition) is 3. The summed E-state index contributed by atoms with van der Waals surface area (Å²) in [6, 6.07) is 0. The Morgan fingerprint density at radius 2 is 1.08 bits per heavy atom. The van der Waals surface area contributed by atoms with E-state index in [1.165, 1.54) is 96.8 Å². The molecular weight excluding hydrogens is 352 g/mol. The van der Waals surface area contributed by atoms with E-state index in [4.69, 9.17) is 10.5 Å². The van der Waals surface area contributed by atoms with Gasteiger partial charge in [-0.05, 0) is 12.8 Å². The summed E-state index contributed by atoms with van der Waals surface area (Å²) in [6.45, 7) is 3.68. The van der Waals surface area contributed by atoms with Crippen molar-refractivity contribution in [1.29, 1.82) is 0 Å². The maximum Gasteiger partial charge on any atom is 0.304 e. The standard InChI is InChI=1S/C20H41NO2.Zn/c1-3-4-5-6-7-8-9-10-11-12-13-14-15-16-17-18-20(21)23-19(2)22;/h20H,3-18,21H2,1-2H3;. The minimum atomic E-state index is -0.408. The average Bonchev–Trinajstić information content (AvgIpc) is 2.50. The van der Waals surface area contributed by atoms with Crippen molar-refractivity contribution in [2.24, 2.45) is 5.73 Å². The monoisotopic (exact) mass is 391 g/mol. The molecule has 4 heteroatoms. The van der Waals surface area contributed by atoms with Crippen molar-refractivity contribution < 1.29 is 29.0 Å². The third-order valence-electron chi connectivity index (χ3n) is 4.41. The second-order valence-corrected chi connectivity index (χ2v) is 6.89. The van der Waals surface area contributed by atoms with E-state index in [-0.39, 0.29) is 25.4 Å². The first-order valence-electron chi connectivity index (χ1n) is 10.1. The zero-order chi connectivity index (χ0) is 17.2. The Balaban J connectivity index is 0. The summed E-state index contributed by atoms with van der Waals surface area (Å²) in [4.78, 5) is 10.7. The van der Waals surface area contributed by atoms with Gasteiger partial charge in [-0.3, -0.25) is 10.5 Å². The maximum absolute atomic E-state index is 10.7. The number of nitrogens with two attached hydrogens (primary N) is 1. The number of esters is 1. The number of unbranched alkanes of at least 4 members (excludes halogenated alkanes) is 14. The molecule has 2 N–H and O–H groups in total. The molecule has 0 fully saturated rings. The van der Waals surface area contributed by atoms with Gasteiger partial charge in [0.25, 0.3) is 0 Å². The van der Waals surface area contributed by atoms with Crippen molar-refractivity contribution >= 4 is 5.97 Å². The SMILES string of the molecule is CCCCCCCCCCCCCCCCCC(N)OC(C)=O.[Zn]. The molecule has 1 atom stereocenters. The summed E-state index contributed by atoms with van der Waals surface area (Å²) in [6.07, 6.45) is 20.8. The first-order chi connectivity index (χ1) is 11.2. The van der Waals surface area contributed by atoms with Gasteiger partial charge in [0.2, 0.25) is 0 Å². The van der Waals surface area contributed by atoms with Gasteiger partial charge in [-0.25, -0.2) is 0 Å². The van der Waals surface area contributed by atoms with Crippen molar-refractivity contribution in [2.75, 3.05) is 0 Å². The molecule has 0 saturated carbocycles. The van der Waals surface area contributed by atoms with Crippen LogP contribution in [0.4, 0.5) is 0 Å². The molecule has 0 amide bonds. The molecule has 0 radical (unpaired) electrons. The molecule has 0 saturated heterocycles. The van der Waals surface area contributed by atoms with Crippen LogP contribution in [0.3, 0.4) is 0 Å². The van der Waals surface area contributed by atoms with Crippen LogP contribution in [0.25, 0.3) is 0 Å². The minimum Gasteiger partial charge on any atom is -0.447 e. The number of ether oxygens (including phenoxy) is 1. The molecule has 140 valence electrons. The van der Waals surface area contributed by atoms with Gasteiger partial charge in [0.1, 0.15) is 0 Å². The van der Waals surface area contributed by atoms with E-state index in [2.05, 4.69) is 6.92 Å². The normalized spacial score (nSPS) is 11.8. The van der Waals surface area contributed by atoms with E-state index in [9.17, 15) is 4.79 Å². The molecule has 0 bridgehead atoms. The fourth-order valence-corrected chi connectivity index (χ4v) is 2.99. The molecular formula is C20H41NO2Zn. The van der Waals surface area contributed by atoms with Crippen LogP contribution >= 0.6 is 0 Å². The molecule has 0 aliphatic heterocycles. The van der Waals surface area contributed by atoms with Gasteiger partial charge in [-0.15, -0.1) is 0 Å². The van der Waals surface area contributed by atoms with Crippen LogP contribution in [0.5, 0.6) is 0 Å². The number of hydrogen-bond donors (Lipinski definition) is 1. The third kappa shape index (κ3) is 22.1. The molecule has 0 heterocycles. The molecule has 3 nitrogen and oxygen atoms in total. The molecule has 0 aromatic rings. The number of rotatable bonds is 17. The Labute approximate surface area is 163 Å². The Morgan fingerprint density at radius 3 is 1.42 bits per heavy atom. The van der Waals surface area contributed by atoms with E-state index in [1.54, 1.807) is 0 Å². The van der Waals surface area contributed by atoms with Gasteiger partial charge < -0.3 is 4.74 Å². The summed E-state index contributed by atoms with van der Waals surface area (Å²) in [7, 11) is 0. The van der Waals surface area contributed by atoms with Gasteiger partial charge in [-0.2, -0.15) is 0 Å². The van der Waals surface area contributed by atoms with Crippen molar-refractivity contribution in [1.82, 2.24) is 0 Å². The number of carbonyl (C=O) groups excluding carboxylic acids is 1. The van der Waals surface area contributed by atoms with Gasteiger partial charge in [0, 0.05) is 26.4 Å². The first-order valence-corrected chi connectivity index (χ1v) is 10.1. The van der Waals surface area contributed by atoms with Crippen LogP contribution in [0, 0.1) is 0 Å². The molecule has 0 rings (SSSR count). The van der Waals surface area contributed by atoms with E-state index >= 15 is 0 Å². The van der Waals surface area contributed by atoms with Crippen molar-refractivity contribution in [3.05, 3.63) is 0 Å². The van der Waals surface area contributed by atoms with Gasteiger partial charge in [0.05, 0.1) is 0 Å². The summed E-state index contributed by atoms with van der Waals surface area (Å²) in [5, 5.41) is 0. The molecule has 0 aromatic carbocycles. The Kier molecular flexibility index (Phi) is 23.1. The van der Waals surface area contributed by atoms with E-state index in [0.29, 0.717) is 0 Å². The predicted octanol–water partition coefficient (Wildman–Crippen LogP) is 6.09. The van der Waals surface area contributed by atoms with Crippen LogP contribution in [-0.4, -0.2) is 12.2 Å². The predicted molar refractivity (Wildman–Crippen MR) is 99.3 cm³/mol. The van der Waals surface area contributed by atoms with Crippen molar-refractivity contribution in [3.63, 3.8) is 0 Å². The summed E-state index contributed by atoms with van der Waals surface area (Å²) < 4.78 is 4.91.